The molecule has 3 rings (SSSR count). The first-order valence-corrected chi connectivity index (χ1v) is 8.12. The molecule has 1 N–H and O–H groups in total. The van der Waals surface area contributed by atoms with Crippen molar-refractivity contribution < 1.29 is 19.0 Å². The maximum absolute atomic E-state index is 11.6. The van der Waals surface area contributed by atoms with Gasteiger partial charge in [0.05, 0.1) is 7.11 Å². The van der Waals surface area contributed by atoms with Gasteiger partial charge in [-0.1, -0.05) is 19.1 Å². The first-order chi connectivity index (χ1) is 12.1. The van der Waals surface area contributed by atoms with Crippen LogP contribution in [0, 0.1) is 0 Å². The number of hydrogen-bond donors (Lipinski definition) is 1. The Bertz CT molecular complexity index is 929. The number of ether oxygens (including phenoxy) is 2. The molecule has 25 heavy (non-hydrogen) atoms. The molecule has 0 aliphatic rings. The fourth-order valence-corrected chi connectivity index (χ4v) is 2.71. The molecular weight excluding hydrogens is 320 g/mol. The lowest BCUT2D eigenvalue weighted by atomic mass is 10.1. The molecule has 0 saturated carbocycles. The zero-order valence-electron chi connectivity index (χ0n) is 14.2. The van der Waals surface area contributed by atoms with Gasteiger partial charge in [0.2, 0.25) is 0 Å². The van der Waals surface area contributed by atoms with Crippen molar-refractivity contribution >= 4 is 11.0 Å². The van der Waals surface area contributed by atoms with Crippen LogP contribution < -0.4 is 15.1 Å². The molecule has 0 fully saturated rings. The van der Waals surface area contributed by atoms with Gasteiger partial charge in [0.15, 0.2) is 0 Å². The van der Waals surface area contributed by atoms with Gasteiger partial charge in [-0.05, 0) is 41.8 Å². The van der Waals surface area contributed by atoms with Crippen LogP contribution in [0.2, 0.25) is 0 Å². The quantitative estimate of drug-likeness (QED) is 0.696. The van der Waals surface area contributed by atoms with Crippen LogP contribution in [0.15, 0.2) is 57.7 Å². The number of aliphatic hydroxyl groups is 1. The number of rotatable bonds is 6. The number of hydrogen-bond acceptors (Lipinski definition) is 5. The van der Waals surface area contributed by atoms with Crippen LogP contribution in [0.1, 0.15) is 24.2 Å². The van der Waals surface area contributed by atoms with Crippen molar-refractivity contribution in [1.82, 2.24) is 0 Å². The van der Waals surface area contributed by atoms with Crippen molar-refractivity contribution in [2.24, 2.45) is 0 Å². The third-order valence-electron chi connectivity index (χ3n) is 4.07. The van der Waals surface area contributed by atoms with Crippen molar-refractivity contribution in [2.75, 3.05) is 13.7 Å². The summed E-state index contributed by atoms with van der Waals surface area (Å²) in [4.78, 5) is 11.6. The highest BCUT2D eigenvalue weighted by molar-refractivity contribution is 5.81. The van der Waals surface area contributed by atoms with E-state index in [1.54, 1.807) is 25.3 Å². The molecule has 0 saturated heterocycles. The SMILES string of the molecule is CCc1cc(=O)oc2cc(OCC(O)c3cccc(OC)c3)ccc12. The van der Waals surface area contributed by atoms with Gasteiger partial charge in [-0.2, -0.15) is 0 Å². The predicted molar refractivity (Wildman–Crippen MR) is 95.3 cm³/mol. The van der Waals surface area contributed by atoms with Crippen LogP contribution in [0.4, 0.5) is 0 Å². The van der Waals surface area contributed by atoms with Crippen LogP contribution in [0.25, 0.3) is 11.0 Å². The van der Waals surface area contributed by atoms with E-state index >= 15 is 0 Å². The molecule has 3 aromatic rings. The minimum absolute atomic E-state index is 0.0797. The second kappa shape index (κ2) is 7.40. The fraction of sp³-hybridized carbons (Fsp3) is 0.250. The van der Waals surface area contributed by atoms with E-state index in [4.69, 9.17) is 13.9 Å². The minimum atomic E-state index is -0.792. The Hall–Kier alpha value is -2.79. The summed E-state index contributed by atoms with van der Waals surface area (Å²) in [7, 11) is 1.58. The van der Waals surface area contributed by atoms with Crippen LogP contribution in [0.5, 0.6) is 11.5 Å². The van der Waals surface area contributed by atoms with Crippen LogP contribution in [-0.2, 0) is 6.42 Å². The average molecular weight is 340 g/mol. The number of aliphatic hydroxyl groups excluding tert-OH is 1. The predicted octanol–water partition coefficient (Wildman–Crippen LogP) is 3.48. The van der Waals surface area contributed by atoms with Crippen molar-refractivity contribution in [3.8, 4) is 11.5 Å². The standard InChI is InChI=1S/C20H20O5/c1-3-13-10-20(22)25-19-11-16(7-8-17(13)19)24-12-18(21)14-5-4-6-15(9-14)23-2/h4-11,18,21H,3,12H2,1-2H3. The van der Waals surface area contributed by atoms with Gasteiger partial charge < -0.3 is 19.0 Å². The van der Waals surface area contributed by atoms with Gasteiger partial charge in [0.25, 0.3) is 0 Å². The summed E-state index contributed by atoms with van der Waals surface area (Å²) in [5, 5.41) is 11.2. The number of fused-ring (bicyclic) bond motifs is 1. The fourth-order valence-electron chi connectivity index (χ4n) is 2.71. The van der Waals surface area contributed by atoms with E-state index in [0.29, 0.717) is 22.6 Å². The second-order valence-corrected chi connectivity index (χ2v) is 5.71. The van der Waals surface area contributed by atoms with Crippen LogP contribution in [-0.4, -0.2) is 18.8 Å². The molecule has 0 amide bonds. The second-order valence-electron chi connectivity index (χ2n) is 5.71. The number of aryl methyl sites for hydroxylation is 1. The molecule has 2 aromatic carbocycles. The molecule has 1 aromatic heterocycles. The van der Waals surface area contributed by atoms with Crippen molar-refractivity contribution in [1.29, 1.82) is 0 Å². The molecule has 1 unspecified atom stereocenters. The molecule has 130 valence electrons. The number of methoxy groups -OCH3 is 1. The summed E-state index contributed by atoms with van der Waals surface area (Å²) in [6.45, 7) is 2.07. The monoisotopic (exact) mass is 340 g/mol. The van der Waals surface area contributed by atoms with Crippen LogP contribution >= 0.6 is 0 Å². The zero-order valence-corrected chi connectivity index (χ0v) is 14.2. The summed E-state index contributed by atoms with van der Waals surface area (Å²) < 4.78 is 16.1. The Morgan fingerprint density at radius 2 is 1.96 bits per heavy atom. The first kappa shape index (κ1) is 17.0. The van der Waals surface area contributed by atoms with E-state index in [9.17, 15) is 9.90 Å². The summed E-state index contributed by atoms with van der Waals surface area (Å²) in [5.41, 5.74) is 1.75. The molecule has 1 atom stereocenters. The van der Waals surface area contributed by atoms with Crippen molar-refractivity contribution in [3.63, 3.8) is 0 Å². The summed E-state index contributed by atoms with van der Waals surface area (Å²) in [5.74, 6) is 1.21. The van der Waals surface area contributed by atoms with Gasteiger partial charge in [-0.15, -0.1) is 0 Å². The van der Waals surface area contributed by atoms with E-state index in [2.05, 4.69) is 0 Å². The Morgan fingerprint density at radius 1 is 1.12 bits per heavy atom. The Labute approximate surface area is 145 Å². The molecule has 0 aliphatic heterocycles. The van der Waals surface area contributed by atoms with E-state index in [0.717, 1.165) is 17.4 Å². The summed E-state index contributed by atoms with van der Waals surface area (Å²) in [6.07, 6.45) is -0.0450. The third-order valence-corrected chi connectivity index (χ3v) is 4.07. The Balaban J connectivity index is 1.77. The maximum atomic E-state index is 11.6. The lowest BCUT2D eigenvalue weighted by Gasteiger charge is -2.14. The number of benzene rings is 2. The van der Waals surface area contributed by atoms with Crippen LogP contribution in [0.3, 0.4) is 0 Å². The third kappa shape index (κ3) is 3.83. The molecule has 0 spiro atoms. The zero-order chi connectivity index (χ0) is 17.8. The highest BCUT2D eigenvalue weighted by Gasteiger charge is 2.11. The van der Waals surface area contributed by atoms with Gasteiger partial charge in [0, 0.05) is 17.5 Å². The molecule has 5 heteroatoms. The van der Waals surface area contributed by atoms with E-state index < -0.39 is 6.10 Å². The highest BCUT2D eigenvalue weighted by atomic mass is 16.5. The smallest absolute Gasteiger partial charge is 0.336 e. The Morgan fingerprint density at radius 3 is 2.72 bits per heavy atom. The van der Waals surface area contributed by atoms with E-state index in [1.807, 2.05) is 31.2 Å². The largest absolute Gasteiger partial charge is 0.497 e. The first-order valence-electron chi connectivity index (χ1n) is 8.12. The molecule has 0 aliphatic carbocycles. The maximum Gasteiger partial charge on any atom is 0.336 e. The van der Waals surface area contributed by atoms with Gasteiger partial charge >= 0.3 is 5.63 Å². The average Bonchev–Trinajstić information content (AvgIpc) is 2.65. The van der Waals surface area contributed by atoms with E-state index in [-0.39, 0.29) is 12.2 Å². The van der Waals surface area contributed by atoms with Gasteiger partial charge in [-0.25, -0.2) is 4.79 Å². The summed E-state index contributed by atoms with van der Waals surface area (Å²) in [6, 6.07) is 14.1. The lowest BCUT2D eigenvalue weighted by molar-refractivity contribution is 0.108. The highest BCUT2D eigenvalue weighted by Crippen LogP contribution is 2.25. The topological polar surface area (TPSA) is 68.9 Å². The van der Waals surface area contributed by atoms with Gasteiger partial charge in [0.1, 0.15) is 29.8 Å². The molecule has 0 bridgehead atoms. The molecule has 0 radical (unpaired) electrons. The molecular formula is C20H20O5. The molecule has 5 nitrogen and oxygen atoms in total. The normalized spacial score (nSPS) is 12.1. The Kier molecular flexibility index (Phi) is 5.05. The molecule has 1 heterocycles. The lowest BCUT2D eigenvalue weighted by Crippen LogP contribution is -2.10. The van der Waals surface area contributed by atoms with Crippen molar-refractivity contribution in [2.45, 2.75) is 19.4 Å². The summed E-state index contributed by atoms with van der Waals surface area (Å²) >= 11 is 0. The van der Waals surface area contributed by atoms with E-state index in [1.165, 1.54) is 6.07 Å². The van der Waals surface area contributed by atoms with Gasteiger partial charge in [-0.3, -0.25) is 0 Å². The van der Waals surface area contributed by atoms with Crippen molar-refractivity contribution in [3.05, 3.63) is 70.1 Å². The minimum Gasteiger partial charge on any atom is -0.497 e.